The van der Waals surface area contributed by atoms with E-state index in [0.717, 1.165) is 28.5 Å². The van der Waals surface area contributed by atoms with E-state index in [1.165, 1.54) is 0 Å². The number of benzene rings is 1. The lowest BCUT2D eigenvalue weighted by molar-refractivity contribution is 0.533. The Morgan fingerprint density at radius 3 is 2.76 bits per heavy atom. The maximum Gasteiger partial charge on any atom is 0.192 e. The molecule has 0 spiro atoms. The van der Waals surface area contributed by atoms with E-state index in [1.807, 2.05) is 30.6 Å². The van der Waals surface area contributed by atoms with Gasteiger partial charge in [-0.25, -0.2) is 9.97 Å². The monoisotopic (exact) mass is 282 g/mol. The van der Waals surface area contributed by atoms with Crippen LogP contribution in [0.15, 0.2) is 35.6 Å². The van der Waals surface area contributed by atoms with Crippen LogP contribution in [0.4, 0.5) is 5.82 Å². The first-order valence-electron chi connectivity index (χ1n) is 6.89. The molecule has 0 atom stereocenters. The molecule has 4 N–H and O–H groups in total. The molecule has 0 unspecified atom stereocenters. The molecule has 21 heavy (non-hydrogen) atoms. The molecule has 3 aromatic rings. The summed E-state index contributed by atoms with van der Waals surface area (Å²) in [6, 6.07) is 7.94. The van der Waals surface area contributed by atoms with Crippen molar-refractivity contribution in [3.63, 3.8) is 0 Å². The summed E-state index contributed by atoms with van der Waals surface area (Å²) < 4.78 is 2.13. The molecule has 0 fully saturated rings. The SMILES string of the molecule is CC(C)Cn1cnc2c(N=C(N)N)nc3ccccc3c21. The van der Waals surface area contributed by atoms with E-state index in [2.05, 4.69) is 33.4 Å². The summed E-state index contributed by atoms with van der Waals surface area (Å²) in [6.07, 6.45) is 1.82. The second-order valence-corrected chi connectivity index (χ2v) is 5.48. The van der Waals surface area contributed by atoms with E-state index >= 15 is 0 Å². The minimum atomic E-state index is -0.0162. The predicted octanol–water partition coefficient (Wildman–Crippen LogP) is 2.15. The van der Waals surface area contributed by atoms with Crippen molar-refractivity contribution in [2.24, 2.45) is 22.4 Å². The minimum absolute atomic E-state index is 0.0162. The molecule has 6 heteroatoms. The number of guanidine groups is 1. The van der Waals surface area contributed by atoms with Crippen molar-refractivity contribution in [2.75, 3.05) is 0 Å². The van der Waals surface area contributed by atoms with E-state index in [0.29, 0.717) is 11.7 Å². The zero-order valence-corrected chi connectivity index (χ0v) is 12.1. The summed E-state index contributed by atoms with van der Waals surface area (Å²) in [4.78, 5) is 13.1. The first-order valence-corrected chi connectivity index (χ1v) is 6.89. The fourth-order valence-electron chi connectivity index (χ4n) is 2.50. The van der Waals surface area contributed by atoms with E-state index in [1.54, 1.807) is 0 Å². The van der Waals surface area contributed by atoms with Crippen LogP contribution in [0.5, 0.6) is 0 Å². The highest BCUT2D eigenvalue weighted by molar-refractivity contribution is 6.06. The molecule has 6 nitrogen and oxygen atoms in total. The van der Waals surface area contributed by atoms with Crippen molar-refractivity contribution in [1.82, 2.24) is 14.5 Å². The average molecular weight is 282 g/mol. The van der Waals surface area contributed by atoms with Gasteiger partial charge in [-0.05, 0) is 12.0 Å². The van der Waals surface area contributed by atoms with Gasteiger partial charge in [0.25, 0.3) is 0 Å². The van der Waals surface area contributed by atoms with Crippen molar-refractivity contribution in [3.05, 3.63) is 30.6 Å². The zero-order chi connectivity index (χ0) is 15.0. The number of hydrogen-bond donors (Lipinski definition) is 2. The van der Waals surface area contributed by atoms with Crippen LogP contribution in [0.1, 0.15) is 13.8 Å². The third kappa shape index (κ3) is 2.40. The highest BCUT2D eigenvalue weighted by Gasteiger charge is 2.14. The fraction of sp³-hybridized carbons (Fsp3) is 0.267. The van der Waals surface area contributed by atoms with Crippen molar-refractivity contribution in [1.29, 1.82) is 0 Å². The van der Waals surface area contributed by atoms with Crippen LogP contribution < -0.4 is 11.5 Å². The number of pyridine rings is 1. The molecular formula is C15H18N6. The standard InChI is InChI=1S/C15H18N6/c1-9(2)7-21-8-18-12-13(21)10-5-3-4-6-11(10)19-14(12)20-15(16)17/h3-6,8-9H,7H2,1-2H3,(H4,16,17,19,20). The molecule has 1 aromatic carbocycles. The van der Waals surface area contributed by atoms with Crippen LogP contribution in [0.3, 0.4) is 0 Å². The highest BCUT2D eigenvalue weighted by atomic mass is 15.1. The lowest BCUT2D eigenvalue weighted by atomic mass is 10.1. The molecule has 0 aliphatic carbocycles. The Balaban J connectivity index is 2.39. The van der Waals surface area contributed by atoms with Crippen molar-refractivity contribution in [2.45, 2.75) is 20.4 Å². The van der Waals surface area contributed by atoms with Gasteiger partial charge in [-0.2, -0.15) is 4.99 Å². The third-order valence-corrected chi connectivity index (χ3v) is 3.23. The molecule has 2 heterocycles. The van der Waals surface area contributed by atoms with Crippen LogP contribution in [-0.2, 0) is 6.54 Å². The molecule has 0 saturated heterocycles. The molecule has 0 aliphatic rings. The van der Waals surface area contributed by atoms with Gasteiger partial charge in [0.05, 0.1) is 17.4 Å². The molecule has 0 aliphatic heterocycles. The number of aliphatic imine (C=N–C) groups is 1. The van der Waals surface area contributed by atoms with Crippen molar-refractivity contribution < 1.29 is 0 Å². The first-order chi connectivity index (χ1) is 10.1. The number of imidazole rings is 1. The second-order valence-electron chi connectivity index (χ2n) is 5.48. The van der Waals surface area contributed by atoms with Crippen LogP contribution >= 0.6 is 0 Å². The van der Waals surface area contributed by atoms with Gasteiger partial charge in [-0.3, -0.25) is 0 Å². The van der Waals surface area contributed by atoms with E-state index in [4.69, 9.17) is 11.5 Å². The van der Waals surface area contributed by atoms with Crippen LogP contribution in [-0.4, -0.2) is 20.5 Å². The molecule has 0 bridgehead atoms. The number of rotatable bonds is 3. The summed E-state index contributed by atoms with van der Waals surface area (Å²) in [5.74, 6) is 0.963. The summed E-state index contributed by atoms with van der Waals surface area (Å²) in [5, 5.41) is 1.06. The predicted molar refractivity (Wildman–Crippen MR) is 85.3 cm³/mol. The van der Waals surface area contributed by atoms with Gasteiger partial charge in [-0.1, -0.05) is 32.0 Å². The molecule has 3 rings (SSSR count). The number of fused-ring (bicyclic) bond motifs is 3. The summed E-state index contributed by atoms with van der Waals surface area (Å²) in [7, 11) is 0. The fourth-order valence-corrected chi connectivity index (χ4v) is 2.50. The molecule has 0 saturated carbocycles. The van der Waals surface area contributed by atoms with Gasteiger partial charge in [-0.15, -0.1) is 0 Å². The maximum atomic E-state index is 5.50. The maximum absolute atomic E-state index is 5.50. The minimum Gasteiger partial charge on any atom is -0.370 e. The van der Waals surface area contributed by atoms with Crippen LogP contribution in [0.2, 0.25) is 0 Å². The first kappa shape index (κ1) is 13.4. The van der Waals surface area contributed by atoms with E-state index in [9.17, 15) is 0 Å². The number of hydrogen-bond acceptors (Lipinski definition) is 3. The van der Waals surface area contributed by atoms with Crippen LogP contribution in [0, 0.1) is 5.92 Å². The Hall–Kier alpha value is -2.63. The quantitative estimate of drug-likeness (QED) is 0.568. The second kappa shape index (κ2) is 5.05. The van der Waals surface area contributed by atoms with Gasteiger partial charge >= 0.3 is 0 Å². The summed E-state index contributed by atoms with van der Waals surface area (Å²) in [6.45, 7) is 5.23. The lowest BCUT2D eigenvalue weighted by Crippen LogP contribution is -2.22. The van der Waals surface area contributed by atoms with Crippen LogP contribution in [0.25, 0.3) is 21.9 Å². The topological polar surface area (TPSA) is 95.1 Å². The number of nitrogens with two attached hydrogens (primary N) is 2. The largest absolute Gasteiger partial charge is 0.370 e. The van der Waals surface area contributed by atoms with Gasteiger partial charge < -0.3 is 16.0 Å². The summed E-state index contributed by atoms with van der Waals surface area (Å²) in [5.41, 5.74) is 13.6. The third-order valence-electron chi connectivity index (χ3n) is 3.23. The average Bonchev–Trinajstić information content (AvgIpc) is 2.82. The van der Waals surface area contributed by atoms with Gasteiger partial charge in [0.1, 0.15) is 5.52 Å². The molecule has 108 valence electrons. The molecule has 0 radical (unpaired) electrons. The van der Waals surface area contributed by atoms with Gasteiger partial charge in [0.2, 0.25) is 0 Å². The Bertz CT molecular complexity index is 827. The lowest BCUT2D eigenvalue weighted by Gasteiger charge is -2.09. The number of nitrogens with zero attached hydrogens (tertiary/aromatic N) is 4. The van der Waals surface area contributed by atoms with Gasteiger partial charge in [0, 0.05) is 11.9 Å². The Morgan fingerprint density at radius 1 is 1.29 bits per heavy atom. The Morgan fingerprint density at radius 2 is 2.05 bits per heavy atom. The highest BCUT2D eigenvalue weighted by Crippen LogP contribution is 2.30. The van der Waals surface area contributed by atoms with Gasteiger partial charge in [0.15, 0.2) is 11.8 Å². The number of aromatic nitrogens is 3. The summed E-state index contributed by atoms with van der Waals surface area (Å²) >= 11 is 0. The smallest absolute Gasteiger partial charge is 0.192 e. The Kier molecular flexibility index (Phi) is 3.21. The number of para-hydroxylation sites is 1. The van der Waals surface area contributed by atoms with E-state index in [-0.39, 0.29) is 5.96 Å². The van der Waals surface area contributed by atoms with Crippen molar-refractivity contribution in [3.8, 4) is 0 Å². The Labute approximate surface area is 122 Å². The van der Waals surface area contributed by atoms with Crippen molar-refractivity contribution >= 4 is 33.7 Å². The molecule has 2 aromatic heterocycles. The van der Waals surface area contributed by atoms with E-state index < -0.39 is 0 Å². The molecular weight excluding hydrogens is 264 g/mol. The normalized spacial score (nSPS) is 11.4. The zero-order valence-electron chi connectivity index (χ0n) is 12.1. The molecule has 0 amide bonds.